The molecule has 1 amide bonds. The highest BCUT2D eigenvalue weighted by Crippen LogP contribution is 2.18. The molecule has 0 radical (unpaired) electrons. The van der Waals surface area contributed by atoms with Crippen molar-refractivity contribution < 1.29 is 9.18 Å². The van der Waals surface area contributed by atoms with Gasteiger partial charge in [0.1, 0.15) is 5.82 Å². The summed E-state index contributed by atoms with van der Waals surface area (Å²) < 4.78 is 13.0. The largest absolute Gasteiger partial charge is 0.368 e. The minimum absolute atomic E-state index is 0.209. The molecule has 0 spiro atoms. The third-order valence-electron chi connectivity index (χ3n) is 5.21. The summed E-state index contributed by atoms with van der Waals surface area (Å²) in [5, 5.41) is 0. The molecule has 24 heavy (non-hydrogen) atoms. The lowest BCUT2D eigenvalue weighted by Crippen LogP contribution is -2.49. The smallest absolute Gasteiger partial charge is 0.223 e. The van der Waals surface area contributed by atoms with Crippen molar-refractivity contribution in [3.8, 4) is 0 Å². The number of piperidine rings is 1. The molecule has 5 heteroatoms. The van der Waals surface area contributed by atoms with E-state index in [1.165, 1.54) is 25.0 Å². The highest BCUT2D eigenvalue weighted by Gasteiger charge is 2.22. The summed E-state index contributed by atoms with van der Waals surface area (Å²) in [5.74, 6) is 0.819. The number of hydrogen-bond donors (Lipinski definition) is 0. The van der Waals surface area contributed by atoms with E-state index in [1.54, 1.807) is 0 Å². The van der Waals surface area contributed by atoms with E-state index in [9.17, 15) is 9.18 Å². The zero-order valence-electron chi connectivity index (χ0n) is 14.6. The van der Waals surface area contributed by atoms with E-state index in [4.69, 9.17) is 0 Å². The number of halogens is 1. The molecule has 2 heterocycles. The first-order chi connectivity index (χ1) is 11.6. The van der Waals surface area contributed by atoms with Gasteiger partial charge in [-0.25, -0.2) is 4.39 Å². The molecule has 0 aliphatic carbocycles. The molecular formula is C19H28FN3O. The molecule has 2 aliphatic heterocycles. The Morgan fingerprint density at radius 1 is 1.12 bits per heavy atom. The van der Waals surface area contributed by atoms with Crippen molar-refractivity contribution in [1.82, 2.24) is 9.80 Å². The van der Waals surface area contributed by atoms with Crippen LogP contribution in [-0.4, -0.2) is 61.5 Å². The molecule has 4 nitrogen and oxygen atoms in total. The molecule has 2 fully saturated rings. The van der Waals surface area contributed by atoms with E-state index in [-0.39, 0.29) is 11.7 Å². The highest BCUT2D eigenvalue weighted by atomic mass is 19.1. The third kappa shape index (κ3) is 4.47. The Bertz CT molecular complexity index is 540. The lowest BCUT2D eigenvalue weighted by atomic mass is 10.0. The quantitative estimate of drug-likeness (QED) is 0.847. The first-order valence-electron chi connectivity index (χ1n) is 9.12. The molecule has 1 aromatic carbocycles. The molecule has 0 bridgehead atoms. The fourth-order valence-electron chi connectivity index (χ4n) is 3.77. The maximum atomic E-state index is 13.0. The Labute approximate surface area is 144 Å². The van der Waals surface area contributed by atoms with E-state index < -0.39 is 0 Å². The summed E-state index contributed by atoms with van der Waals surface area (Å²) in [4.78, 5) is 19.1. The molecular weight excluding hydrogens is 305 g/mol. The van der Waals surface area contributed by atoms with Gasteiger partial charge in [0, 0.05) is 51.4 Å². The van der Waals surface area contributed by atoms with Crippen LogP contribution in [0, 0.1) is 11.7 Å². The normalized spacial score (nSPS) is 22.7. The van der Waals surface area contributed by atoms with Crippen LogP contribution >= 0.6 is 0 Å². The van der Waals surface area contributed by atoms with Gasteiger partial charge >= 0.3 is 0 Å². The van der Waals surface area contributed by atoms with E-state index in [0.29, 0.717) is 6.42 Å². The van der Waals surface area contributed by atoms with Crippen molar-refractivity contribution >= 4 is 11.6 Å². The van der Waals surface area contributed by atoms with E-state index in [1.807, 2.05) is 17.0 Å². The topological polar surface area (TPSA) is 26.8 Å². The molecule has 132 valence electrons. The summed E-state index contributed by atoms with van der Waals surface area (Å²) in [6, 6.07) is 6.60. The van der Waals surface area contributed by atoms with Gasteiger partial charge in [-0.3, -0.25) is 4.79 Å². The van der Waals surface area contributed by atoms with Crippen LogP contribution in [0.3, 0.4) is 0 Å². The lowest BCUT2D eigenvalue weighted by Gasteiger charge is -2.37. The maximum absolute atomic E-state index is 13.0. The Kier molecular flexibility index (Phi) is 5.72. The number of hydrogen-bond acceptors (Lipinski definition) is 3. The number of anilines is 1. The van der Waals surface area contributed by atoms with Crippen LogP contribution in [0.5, 0.6) is 0 Å². The van der Waals surface area contributed by atoms with Gasteiger partial charge in [-0.2, -0.15) is 0 Å². The van der Waals surface area contributed by atoms with Crippen molar-refractivity contribution in [1.29, 1.82) is 0 Å². The average molecular weight is 333 g/mol. The highest BCUT2D eigenvalue weighted by molar-refractivity contribution is 5.76. The van der Waals surface area contributed by atoms with Crippen molar-refractivity contribution in [3.05, 3.63) is 30.1 Å². The number of benzene rings is 1. The average Bonchev–Trinajstić information content (AvgIpc) is 2.61. The number of nitrogens with zero attached hydrogens (tertiary/aromatic N) is 3. The molecule has 1 atom stereocenters. The van der Waals surface area contributed by atoms with Crippen LogP contribution in [0.15, 0.2) is 24.3 Å². The minimum atomic E-state index is -0.209. The fourth-order valence-corrected chi connectivity index (χ4v) is 3.77. The summed E-state index contributed by atoms with van der Waals surface area (Å²) in [5.41, 5.74) is 1.03. The molecule has 1 unspecified atom stereocenters. The van der Waals surface area contributed by atoms with Gasteiger partial charge in [0.05, 0.1) is 0 Å². The summed E-state index contributed by atoms with van der Waals surface area (Å²) in [6.07, 6.45) is 3.20. The number of rotatable bonds is 4. The molecule has 1 aromatic rings. The van der Waals surface area contributed by atoms with Gasteiger partial charge in [-0.1, -0.05) is 6.92 Å². The summed E-state index contributed by atoms with van der Waals surface area (Å²) in [6.45, 7) is 8.60. The van der Waals surface area contributed by atoms with Crippen LogP contribution in [0.1, 0.15) is 26.2 Å². The van der Waals surface area contributed by atoms with Crippen LogP contribution in [-0.2, 0) is 4.79 Å². The second kappa shape index (κ2) is 7.97. The van der Waals surface area contributed by atoms with Crippen LogP contribution in [0.25, 0.3) is 0 Å². The Balaban J connectivity index is 1.42. The lowest BCUT2D eigenvalue weighted by molar-refractivity contribution is -0.131. The molecule has 0 saturated carbocycles. The molecule has 0 N–H and O–H groups in total. The van der Waals surface area contributed by atoms with Gasteiger partial charge in [-0.15, -0.1) is 0 Å². The van der Waals surface area contributed by atoms with Crippen LogP contribution < -0.4 is 4.90 Å². The monoisotopic (exact) mass is 333 g/mol. The SMILES string of the molecule is CC1CCCN(CCC(=O)N2CCN(c3ccc(F)cc3)CC2)C1. The molecule has 2 aliphatic rings. The standard InChI is InChI=1S/C19H28FN3O/c1-16-3-2-9-21(15-16)10-8-19(24)23-13-11-22(12-14-23)18-6-4-17(20)5-7-18/h4-7,16H,2-3,8-15H2,1H3. The van der Waals surface area contributed by atoms with Crippen molar-refractivity contribution in [2.75, 3.05) is 50.7 Å². The zero-order valence-corrected chi connectivity index (χ0v) is 14.6. The number of carbonyl (C=O) groups excluding carboxylic acids is 1. The van der Waals surface area contributed by atoms with Crippen molar-refractivity contribution in [3.63, 3.8) is 0 Å². The van der Waals surface area contributed by atoms with Crippen molar-refractivity contribution in [2.24, 2.45) is 5.92 Å². The first kappa shape index (κ1) is 17.2. The number of piperazine rings is 1. The molecule has 2 saturated heterocycles. The Morgan fingerprint density at radius 2 is 1.83 bits per heavy atom. The fraction of sp³-hybridized carbons (Fsp3) is 0.632. The van der Waals surface area contributed by atoms with Crippen LogP contribution in [0.4, 0.5) is 10.1 Å². The Morgan fingerprint density at radius 3 is 2.50 bits per heavy atom. The molecule has 0 aromatic heterocycles. The maximum Gasteiger partial charge on any atom is 0.223 e. The van der Waals surface area contributed by atoms with Gasteiger partial charge < -0.3 is 14.7 Å². The number of likely N-dealkylation sites (tertiary alicyclic amines) is 1. The van der Waals surface area contributed by atoms with Gasteiger partial charge in [-0.05, 0) is 49.6 Å². The first-order valence-corrected chi connectivity index (χ1v) is 9.12. The van der Waals surface area contributed by atoms with Gasteiger partial charge in [0.25, 0.3) is 0 Å². The number of amides is 1. The minimum Gasteiger partial charge on any atom is -0.368 e. The Hall–Kier alpha value is -1.62. The summed E-state index contributed by atoms with van der Waals surface area (Å²) in [7, 11) is 0. The predicted octanol–water partition coefficient (Wildman–Crippen LogP) is 2.60. The second-order valence-electron chi connectivity index (χ2n) is 7.14. The van der Waals surface area contributed by atoms with Crippen LogP contribution in [0.2, 0.25) is 0 Å². The number of carbonyl (C=O) groups is 1. The van der Waals surface area contributed by atoms with Crippen molar-refractivity contribution in [2.45, 2.75) is 26.2 Å². The van der Waals surface area contributed by atoms with E-state index >= 15 is 0 Å². The summed E-state index contributed by atoms with van der Waals surface area (Å²) >= 11 is 0. The third-order valence-corrected chi connectivity index (χ3v) is 5.21. The molecule has 3 rings (SSSR count). The van der Waals surface area contributed by atoms with Gasteiger partial charge in [0.15, 0.2) is 0 Å². The zero-order chi connectivity index (χ0) is 16.9. The van der Waals surface area contributed by atoms with Gasteiger partial charge in [0.2, 0.25) is 5.91 Å². The second-order valence-corrected chi connectivity index (χ2v) is 7.14. The van der Waals surface area contributed by atoms with E-state index in [2.05, 4.69) is 16.7 Å². The van der Waals surface area contributed by atoms with E-state index in [0.717, 1.165) is 57.4 Å². The predicted molar refractivity (Wildman–Crippen MR) is 94.6 cm³/mol.